The van der Waals surface area contributed by atoms with E-state index in [2.05, 4.69) is 0 Å². The first kappa shape index (κ1) is 22.6. The summed E-state index contributed by atoms with van der Waals surface area (Å²) in [5.41, 5.74) is 0. The summed E-state index contributed by atoms with van der Waals surface area (Å²) in [4.78, 5) is 34.5. The quantitative estimate of drug-likeness (QED) is 0.319. The second-order valence-corrected chi connectivity index (χ2v) is 7.42. The highest BCUT2D eigenvalue weighted by Gasteiger charge is 2.37. The molecule has 1 saturated heterocycles. The van der Waals surface area contributed by atoms with E-state index in [0.717, 1.165) is 38.4 Å². The molecule has 0 spiro atoms. The molecule has 2 rings (SSSR count). The third kappa shape index (κ3) is 7.02. The standard InChI is InChI=1S/C21H32O7/c1-15(23)27-18-12-11-16(14-22)17(18)8-4-3-5-9-19(21(24)25-2)28-20-10-6-7-13-26-20/h3-4,14,16-20H,5-13H2,1-2H3/t16-,17-,18+,19?,20?/m1/s1. The summed E-state index contributed by atoms with van der Waals surface area (Å²) in [5.74, 6) is -0.771. The van der Waals surface area contributed by atoms with Gasteiger partial charge < -0.3 is 23.7 Å². The van der Waals surface area contributed by atoms with Crippen LogP contribution in [0, 0.1) is 11.8 Å². The van der Waals surface area contributed by atoms with Gasteiger partial charge in [0, 0.05) is 25.4 Å². The maximum absolute atomic E-state index is 12.0. The molecule has 0 aromatic heterocycles. The van der Waals surface area contributed by atoms with Gasteiger partial charge in [-0.15, -0.1) is 0 Å². The number of ether oxygens (including phenoxy) is 4. The predicted molar refractivity (Wildman–Crippen MR) is 101 cm³/mol. The Hall–Kier alpha value is -1.73. The maximum Gasteiger partial charge on any atom is 0.335 e. The van der Waals surface area contributed by atoms with Gasteiger partial charge in [0.2, 0.25) is 0 Å². The lowest BCUT2D eigenvalue weighted by Crippen LogP contribution is -2.33. The summed E-state index contributed by atoms with van der Waals surface area (Å²) >= 11 is 0. The third-order valence-corrected chi connectivity index (χ3v) is 5.39. The van der Waals surface area contributed by atoms with Crippen LogP contribution < -0.4 is 0 Å². The second kappa shape index (κ2) is 12.0. The van der Waals surface area contributed by atoms with E-state index < -0.39 is 12.1 Å². The molecule has 0 radical (unpaired) electrons. The van der Waals surface area contributed by atoms with E-state index in [-0.39, 0.29) is 30.2 Å². The summed E-state index contributed by atoms with van der Waals surface area (Å²) in [6, 6.07) is 0. The van der Waals surface area contributed by atoms with Gasteiger partial charge in [0.25, 0.3) is 0 Å². The number of aldehydes is 1. The van der Waals surface area contributed by atoms with Crippen molar-refractivity contribution in [1.29, 1.82) is 0 Å². The van der Waals surface area contributed by atoms with Crippen LogP contribution in [0.5, 0.6) is 0 Å². The van der Waals surface area contributed by atoms with Gasteiger partial charge in [0.15, 0.2) is 12.4 Å². The Morgan fingerprint density at radius 3 is 2.64 bits per heavy atom. The molecular formula is C21H32O7. The minimum Gasteiger partial charge on any atom is -0.467 e. The monoisotopic (exact) mass is 396 g/mol. The Labute approximate surface area is 166 Å². The van der Waals surface area contributed by atoms with Crippen LogP contribution in [-0.2, 0) is 33.3 Å². The SMILES string of the molecule is COC(=O)C(CCC=CC[C@H]1[C@@H](OC(C)=O)CC[C@@H]1C=O)OC1CCCCO1. The van der Waals surface area contributed by atoms with Crippen molar-refractivity contribution in [3.8, 4) is 0 Å². The minimum absolute atomic E-state index is 0.0148. The average Bonchev–Trinajstić information content (AvgIpc) is 3.07. The zero-order chi connectivity index (χ0) is 20.4. The molecule has 2 aliphatic rings. The highest BCUT2D eigenvalue weighted by Crippen LogP contribution is 2.35. The molecule has 0 aromatic rings. The largest absolute Gasteiger partial charge is 0.467 e. The fourth-order valence-corrected chi connectivity index (χ4v) is 3.91. The molecule has 0 amide bonds. The summed E-state index contributed by atoms with van der Waals surface area (Å²) in [7, 11) is 1.35. The second-order valence-electron chi connectivity index (χ2n) is 7.42. The smallest absolute Gasteiger partial charge is 0.335 e. The van der Waals surface area contributed by atoms with Crippen molar-refractivity contribution >= 4 is 18.2 Å². The number of hydrogen-bond donors (Lipinski definition) is 0. The Balaban J connectivity index is 1.81. The fraction of sp³-hybridized carbons (Fsp3) is 0.762. The summed E-state index contributed by atoms with van der Waals surface area (Å²) in [5, 5.41) is 0. The first-order valence-corrected chi connectivity index (χ1v) is 10.2. The van der Waals surface area contributed by atoms with E-state index in [1.807, 2.05) is 12.2 Å². The molecule has 1 heterocycles. The number of allylic oxidation sites excluding steroid dienone is 2. The number of rotatable bonds is 10. The number of esters is 2. The third-order valence-electron chi connectivity index (χ3n) is 5.39. The number of carbonyl (C=O) groups excluding carboxylic acids is 3. The molecule has 0 bridgehead atoms. The van der Waals surface area contributed by atoms with Crippen LogP contribution in [0.1, 0.15) is 58.3 Å². The molecule has 5 atom stereocenters. The molecular weight excluding hydrogens is 364 g/mol. The molecule has 28 heavy (non-hydrogen) atoms. The first-order chi connectivity index (χ1) is 13.5. The highest BCUT2D eigenvalue weighted by atomic mass is 16.7. The van der Waals surface area contributed by atoms with Gasteiger partial charge in [-0.25, -0.2) is 4.79 Å². The Morgan fingerprint density at radius 2 is 2.00 bits per heavy atom. The Morgan fingerprint density at radius 1 is 1.18 bits per heavy atom. The molecule has 0 aromatic carbocycles. The van der Waals surface area contributed by atoms with Crippen molar-refractivity contribution in [3.05, 3.63) is 12.2 Å². The molecule has 0 N–H and O–H groups in total. The highest BCUT2D eigenvalue weighted by molar-refractivity contribution is 5.74. The average molecular weight is 396 g/mol. The molecule has 1 saturated carbocycles. The zero-order valence-corrected chi connectivity index (χ0v) is 16.8. The first-order valence-electron chi connectivity index (χ1n) is 10.2. The van der Waals surface area contributed by atoms with E-state index in [1.54, 1.807) is 0 Å². The van der Waals surface area contributed by atoms with Gasteiger partial charge in [-0.1, -0.05) is 12.2 Å². The van der Waals surface area contributed by atoms with E-state index in [9.17, 15) is 14.4 Å². The van der Waals surface area contributed by atoms with Crippen LogP contribution in [0.4, 0.5) is 0 Å². The normalized spacial score (nSPS) is 28.8. The Bertz CT molecular complexity index is 539. The summed E-state index contributed by atoms with van der Waals surface area (Å²) < 4.78 is 21.5. The maximum atomic E-state index is 12.0. The van der Waals surface area contributed by atoms with Crippen LogP contribution in [0.25, 0.3) is 0 Å². The zero-order valence-electron chi connectivity index (χ0n) is 16.8. The predicted octanol–water partition coefficient (Wildman–Crippen LogP) is 2.95. The van der Waals surface area contributed by atoms with Crippen molar-refractivity contribution < 1.29 is 33.3 Å². The van der Waals surface area contributed by atoms with Crippen LogP contribution in [-0.4, -0.2) is 50.4 Å². The van der Waals surface area contributed by atoms with Crippen molar-refractivity contribution in [2.45, 2.75) is 76.8 Å². The van der Waals surface area contributed by atoms with Gasteiger partial charge >= 0.3 is 11.9 Å². The van der Waals surface area contributed by atoms with Gasteiger partial charge in [0.1, 0.15) is 12.4 Å². The van der Waals surface area contributed by atoms with Crippen molar-refractivity contribution in [2.75, 3.05) is 13.7 Å². The van der Waals surface area contributed by atoms with Crippen molar-refractivity contribution in [3.63, 3.8) is 0 Å². The van der Waals surface area contributed by atoms with Crippen LogP contribution in [0.2, 0.25) is 0 Å². The van der Waals surface area contributed by atoms with Crippen molar-refractivity contribution in [2.24, 2.45) is 11.8 Å². The minimum atomic E-state index is -0.652. The molecule has 2 unspecified atom stereocenters. The molecule has 7 heteroatoms. The number of hydrogen-bond acceptors (Lipinski definition) is 7. The summed E-state index contributed by atoms with van der Waals surface area (Å²) in [6.07, 6.45) is 9.85. The topological polar surface area (TPSA) is 88.1 Å². The van der Waals surface area contributed by atoms with E-state index in [1.165, 1.54) is 14.0 Å². The van der Waals surface area contributed by atoms with Crippen LogP contribution in [0.15, 0.2) is 12.2 Å². The lowest BCUT2D eigenvalue weighted by Gasteiger charge is -2.26. The number of methoxy groups -OCH3 is 1. The molecule has 7 nitrogen and oxygen atoms in total. The van der Waals surface area contributed by atoms with Crippen molar-refractivity contribution in [1.82, 2.24) is 0 Å². The molecule has 158 valence electrons. The van der Waals surface area contributed by atoms with E-state index in [4.69, 9.17) is 18.9 Å². The van der Waals surface area contributed by atoms with Gasteiger partial charge in [-0.3, -0.25) is 4.79 Å². The van der Waals surface area contributed by atoms with Gasteiger partial charge in [-0.2, -0.15) is 0 Å². The van der Waals surface area contributed by atoms with E-state index in [0.29, 0.717) is 25.9 Å². The molecule has 1 aliphatic heterocycles. The summed E-state index contributed by atoms with van der Waals surface area (Å²) in [6.45, 7) is 2.05. The number of carbonyl (C=O) groups is 3. The van der Waals surface area contributed by atoms with Gasteiger partial charge in [0.05, 0.1) is 7.11 Å². The lowest BCUT2D eigenvalue weighted by molar-refractivity contribution is -0.203. The van der Waals surface area contributed by atoms with E-state index >= 15 is 0 Å². The van der Waals surface area contributed by atoms with Crippen LogP contribution in [0.3, 0.4) is 0 Å². The van der Waals surface area contributed by atoms with Crippen LogP contribution >= 0.6 is 0 Å². The Kier molecular flexibility index (Phi) is 9.64. The lowest BCUT2D eigenvalue weighted by atomic mass is 9.92. The van der Waals surface area contributed by atoms with Gasteiger partial charge in [-0.05, 0) is 51.4 Å². The molecule has 1 aliphatic carbocycles. The fourth-order valence-electron chi connectivity index (χ4n) is 3.91. The molecule has 2 fully saturated rings.